The Bertz CT molecular complexity index is 1860. The first kappa shape index (κ1) is 33.6. The van der Waals surface area contributed by atoms with Gasteiger partial charge in [0.2, 0.25) is 11.8 Å². The molecule has 2 aliphatic rings. The third-order valence-electron chi connectivity index (χ3n) is 8.79. The van der Waals surface area contributed by atoms with Crippen molar-refractivity contribution in [2.45, 2.75) is 25.7 Å². The van der Waals surface area contributed by atoms with Crippen molar-refractivity contribution >= 4 is 40.0 Å². The lowest BCUT2D eigenvalue weighted by Crippen LogP contribution is -2.41. The van der Waals surface area contributed by atoms with E-state index in [0.29, 0.717) is 66.4 Å². The maximum absolute atomic E-state index is 15.3. The summed E-state index contributed by atoms with van der Waals surface area (Å²) in [5.74, 6) is -1.28. The number of rotatable bonds is 12. The zero-order valence-electron chi connectivity index (χ0n) is 26.6. The molecule has 3 amide bonds. The molecular formula is C35H35F2N5O7. The van der Waals surface area contributed by atoms with E-state index in [2.05, 4.69) is 15.6 Å². The Hall–Kier alpha value is -5.34. The van der Waals surface area contributed by atoms with E-state index in [9.17, 15) is 18.8 Å². The molecule has 1 saturated carbocycles. The van der Waals surface area contributed by atoms with Gasteiger partial charge in [-0.1, -0.05) is 0 Å². The second-order valence-electron chi connectivity index (χ2n) is 12.1. The minimum Gasteiger partial charge on any atom is -0.493 e. The van der Waals surface area contributed by atoms with Crippen molar-refractivity contribution in [3.63, 3.8) is 0 Å². The number of fused-ring (bicyclic) bond motifs is 1. The maximum Gasteiger partial charge on any atom is 0.257 e. The lowest BCUT2D eigenvalue weighted by Gasteiger charge is -2.31. The average Bonchev–Trinajstić information content (AvgIpc) is 3.92. The summed E-state index contributed by atoms with van der Waals surface area (Å²) in [6.45, 7) is 2.00. The Morgan fingerprint density at radius 1 is 0.898 bits per heavy atom. The molecule has 0 spiro atoms. The number of halogens is 2. The summed E-state index contributed by atoms with van der Waals surface area (Å²) in [5, 5.41) is 14.6. The van der Waals surface area contributed by atoms with Gasteiger partial charge in [-0.25, -0.2) is 14.3 Å². The van der Waals surface area contributed by atoms with Crippen LogP contribution in [0, 0.1) is 23.0 Å². The molecule has 12 nitrogen and oxygen atoms in total. The number of hydroxylamine groups is 1. The van der Waals surface area contributed by atoms with E-state index >= 15 is 4.39 Å². The Balaban J connectivity index is 1.09. The van der Waals surface area contributed by atoms with Crippen LogP contribution in [0.15, 0.2) is 66.9 Å². The van der Waals surface area contributed by atoms with Gasteiger partial charge in [-0.15, -0.1) is 0 Å². The van der Waals surface area contributed by atoms with Gasteiger partial charge in [0.15, 0.2) is 23.1 Å². The first-order valence-corrected chi connectivity index (χ1v) is 15.8. The minimum atomic E-state index is -1.30. The van der Waals surface area contributed by atoms with Gasteiger partial charge in [0.1, 0.15) is 17.0 Å². The van der Waals surface area contributed by atoms with Crippen LogP contribution in [-0.2, 0) is 14.4 Å². The highest BCUT2D eigenvalue weighted by Gasteiger charge is 2.56. The standard InChI is InChI=1S/C35H35F2N5O7/c1-47-30-17-25-27(18-31(30)48-20-21-9-14-42(15-10-21)19-32(43)41-46)38-13-8-28(25)49-29-7-6-24(16-26(29)37)40-34(45)35(11-12-35)33(44)39-23-4-2-22(36)3-5-23/h2-8,13,16-18,21,46H,9-12,14-15,19-20H2,1H3,(H,39,44)(H,40,45)(H,41,43). The van der Waals surface area contributed by atoms with Crippen molar-refractivity contribution in [2.75, 3.05) is 44.0 Å². The van der Waals surface area contributed by atoms with Crippen LogP contribution in [0.1, 0.15) is 25.7 Å². The number of hydrogen-bond acceptors (Lipinski definition) is 9. The summed E-state index contributed by atoms with van der Waals surface area (Å²) in [4.78, 5) is 43.8. The highest BCUT2D eigenvalue weighted by molar-refractivity contribution is 6.16. The molecule has 0 unspecified atom stereocenters. The SMILES string of the molecule is COc1cc2c(Oc3ccc(NC(=O)C4(C(=O)Nc5ccc(F)cc5)CC4)cc3F)ccnc2cc1OCC1CCN(CC(=O)NO)CC1. The molecule has 4 N–H and O–H groups in total. The highest BCUT2D eigenvalue weighted by atomic mass is 19.1. The Morgan fingerprint density at radius 2 is 1.59 bits per heavy atom. The number of piperidine rings is 1. The highest BCUT2D eigenvalue weighted by Crippen LogP contribution is 2.48. The predicted molar refractivity (Wildman–Crippen MR) is 175 cm³/mol. The molecule has 2 heterocycles. The molecule has 4 aromatic rings. The van der Waals surface area contributed by atoms with Gasteiger partial charge in [-0.05, 0) is 93.2 Å². The van der Waals surface area contributed by atoms with Gasteiger partial charge in [-0.3, -0.25) is 29.5 Å². The molecule has 256 valence electrons. The number of aromatic nitrogens is 1. The second-order valence-corrected chi connectivity index (χ2v) is 12.1. The molecule has 1 aliphatic heterocycles. The third kappa shape index (κ3) is 7.71. The number of hydrogen-bond donors (Lipinski definition) is 4. The van der Waals surface area contributed by atoms with Crippen LogP contribution in [0.2, 0.25) is 0 Å². The summed E-state index contributed by atoms with van der Waals surface area (Å²) in [7, 11) is 1.51. The molecule has 0 bridgehead atoms. The molecule has 49 heavy (non-hydrogen) atoms. The van der Waals surface area contributed by atoms with E-state index in [4.69, 9.17) is 19.4 Å². The van der Waals surface area contributed by atoms with Gasteiger partial charge >= 0.3 is 0 Å². The number of carbonyl (C=O) groups excluding carboxylic acids is 3. The van der Waals surface area contributed by atoms with Crippen LogP contribution < -0.4 is 30.3 Å². The predicted octanol–water partition coefficient (Wildman–Crippen LogP) is 5.27. The minimum absolute atomic E-state index is 0.0946. The van der Waals surface area contributed by atoms with Crippen LogP contribution in [0.5, 0.6) is 23.0 Å². The van der Waals surface area contributed by atoms with Crippen molar-refractivity contribution in [1.82, 2.24) is 15.4 Å². The Kier molecular flexibility index (Phi) is 9.87. The molecule has 3 aromatic carbocycles. The van der Waals surface area contributed by atoms with Crippen molar-refractivity contribution in [2.24, 2.45) is 11.3 Å². The second kappa shape index (κ2) is 14.4. The molecule has 14 heteroatoms. The third-order valence-corrected chi connectivity index (χ3v) is 8.79. The van der Waals surface area contributed by atoms with E-state index in [1.807, 2.05) is 4.90 Å². The summed E-state index contributed by atoms with van der Waals surface area (Å²) in [6.07, 6.45) is 3.84. The smallest absolute Gasteiger partial charge is 0.257 e. The summed E-state index contributed by atoms with van der Waals surface area (Å²) in [6, 6.07) is 14.2. The molecule has 2 fully saturated rings. The number of ether oxygens (including phenoxy) is 3. The normalized spacial score (nSPS) is 15.7. The zero-order valence-corrected chi connectivity index (χ0v) is 26.6. The van der Waals surface area contributed by atoms with Gasteiger partial charge in [-0.2, -0.15) is 0 Å². The Morgan fingerprint density at radius 3 is 2.24 bits per heavy atom. The van der Waals surface area contributed by atoms with Gasteiger partial charge < -0.3 is 24.8 Å². The number of nitrogens with zero attached hydrogens (tertiary/aromatic N) is 2. The van der Waals surface area contributed by atoms with Crippen LogP contribution in [-0.4, -0.2) is 66.2 Å². The summed E-state index contributed by atoms with van der Waals surface area (Å²) < 4.78 is 46.2. The van der Waals surface area contributed by atoms with Gasteiger partial charge in [0.25, 0.3) is 5.91 Å². The van der Waals surface area contributed by atoms with Crippen molar-refractivity contribution in [3.05, 3.63) is 78.5 Å². The van der Waals surface area contributed by atoms with Crippen LogP contribution in [0.4, 0.5) is 20.2 Å². The molecule has 1 aromatic heterocycles. The van der Waals surface area contributed by atoms with E-state index in [0.717, 1.165) is 18.9 Å². The first-order valence-electron chi connectivity index (χ1n) is 15.8. The number of likely N-dealkylation sites (tertiary alicyclic amines) is 1. The van der Waals surface area contributed by atoms with Crippen LogP contribution in [0.25, 0.3) is 10.9 Å². The van der Waals surface area contributed by atoms with Crippen molar-refractivity contribution in [1.29, 1.82) is 0 Å². The van der Waals surface area contributed by atoms with E-state index in [1.54, 1.807) is 23.7 Å². The summed E-state index contributed by atoms with van der Waals surface area (Å²) >= 11 is 0. The van der Waals surface area contributed by atoms with Crippen molar-refractivity contribution < 1.29 is 42.6 Å². The van der Waals surface area contributed by atoms with Crippen molar-refractivity contribution in [3.8, 4) is 23.0 Å². The molecular weight excluding hydrogens is 640 g/mol. The topological polar surface area (TPSA) is 151 Å². The van der Waals surface area contributed by atoms with Crippen LogP contribution >= 0.6 is 0 Å². The van der Waals surface area contributed by atoms with Gasteiger partial charge in [0, 0.05) is 35.1 Å². The molecule has 1 aliphatic carbocycles. The van der Waals surface area contributed by atoms with Crippen LogP contribution in [0.3, 0.4) is 0 Å². The average molecular weight is 676 g/mol. The largest absolute Gasteiger partial charge is 0.493 e. The number of benzene rings is 3. The maximum atomic E-state index is 15.3. The quantitative estimate of drug-likeness (QED) is 0.0895. The number of pyridine rings is 1. The number of carbonyl (C=O) groups is 3. The zero-order chi connectivity index (χ0) is 34.5. The molecule has 0 atom stereocenters. The lowest BCUT2D eigenvalue weighted by molar-refractivity contribution is -0.132. The van der Waals surface area contributed by atoms with E-state index in [1.165, 1.54) is 49.7 Å². The Labute approximate surface area is 280 Å². The molecule has 0 radical (unpaired) electrons. The summed E-state index contributed by atoms with van der Waals surface area (Å²) in [5.41, 5.74) is 1.42. The number of anilines is 2. The molecule has 6 rings (SSSR count). The fraction of sp³-hybridized carbons (Fsp3) is 0.314. The monoisotopic (exact) mass is 675 g/mol. The van der Waals surface area contributed by atoms with E-state index in [-0.39, 0.29) is 23.9 Å². The fourth-order valence-corrected chi connectivity index (χ4v) is 5.74. The van der Waals surface area contributed by atoms with E-state index < -0.39 is 34.8 Å². The lowest BCUT2D eigenvalue weighted by atomic mass is 9.98. The first-order chi connectivity index (χ1) is 23.7. The number of nitrogens with one attached hydrogen (secondary N) is 3. The number of amides is 3. The van der Waals surface area contributed by atoms with Gasteiger partial charge in [0.05, 0.1) is 25.8 Å². The molecule has 1 saturated heterocycles. The fourth-order valence-electron chi connectivity index (χ4n) is 5.74. The number of methoxy groups -OCH3 is 1.